The first kappa shape index (κ1) is 9.92. The summed E-state index contributed by atoms with van der Waals surface area (Å²) in [6, 6.07) is 5.60. The second-order valence-electron chi connectivity index (χ2n) is 2.67. The van der Waals surface area contributed by atoms with Crippen LogP contribution in [0.15, 0.2) is 23.1 Å². The van der Waals surface area contributed by atoms with Crippen LogP contribution in [0.5, 0.6) is 0 Å². The molecule has 1 aromatic carbocycles. The molecule has 0 saturated carbocycles. The molecule has 0 spiro atoms. The molecular weight excluding hydrogens is 186 g/mol. The van der Waals surface area contributed by atoms with Crippen molar-refractivity contribution >= 4 is 23.4 Å². The molecular formula is C9H11NO2S. The lowest BCUT2D eigenvalue weighted by Crippen LogP contribution is -1.99. The van der Waals surface area contributed by atoms with Gasteiger partial charge >= 0.3 is 5.97 Å². The predicted octanol–water partition coefficient (Wildman–Crippen LogP) is 1.75. The molecule has 0 bridgehead atoms. The third-order valence-corrected chi connectivity index (χ3v) is 2.69. The van der Waals surface area contributed by atoms with Crippen molar-refractivity contribution in [2.24, 2.45) is 0 Å². The summed E-state index contributed by atoms with van der Waals surface area (Å²) < 4.78 is 0. The molecule has 4 heteroatoms. The summed E-state index contributed by atoms with van der Waals surface area (Å²) in [7, 11) is 0. The van der Waals surface area contributed by atoms with Crippen LogP contribution in [0.1, 0.15) is 5.56 Å². The topological polar surface area (TPSA) is 63.3 Å². The zero-order valence-corrected chi connectivity index (χ0v) is 8.10. The Hall–Kier alpha value is -1.16. The van der Waals surface area contributed by atoms with Crippen molar-refractivity contribution in [3.63, 3.8) is 0 Å². The van der Waals surface area contributed by atoms with E-state index >= 15 is 0 Å². The zero-order chi connectivity index (χ0) is 9.84. The summed E-state index contributed by atoms with van der Waals surface area (Å²) in [6.07, 6.45) is 0. The van der Waals surface area contributed by atoms with E-state index in [9.17, 15) is 4.79 Å². The molecule has 0 aliphatic heterocycles. The number of aliphatic carboxylic acids is 1. The first-order valence-corrected chi connectivity index (χ1v) is 4.79. The Kier molecular flexibility index (Phi) is 3.19. The molecule has 0 unspecified atom stereocenters. The first-order valence-electron chi connectivity index (χ1n) is 3.81. The summed E-state index contributed by atoms with van der Waals surface area (Å²) in [6.45, 7) is 1.90. The Morgan fingerprint density at radius 3 is 2.92 bits per heavy atom. The molecule has 1 rings (SSSR count). The normalized spacial score (nSPS) is 9.92. The van der Waals surface area contributed by atoms with E-state index in [0.29, 0.717) is 5.69 Å². The van der Waals surface area contributed by atoms with Gasteiger partial charge in [-0.15, -0.1) is 11.8 Å². The van der Waals surface area contributed by atoms with Gasteiger partial charge in [-0.3, -0.25) is 4.79 Å². The number of benzene rings is 1. The van der Waals surface area contributed by atoms with E-state index < -0.39 is 5.97 Å². The van der Waals surface area contributed by atoms with Crippen LogP contribution >= 0.6 is 11.8 Å². The van der Waals surface area contributed by atoms with E-state index in [-0.39, 0.29) is 5.75 Å². The number of carbonyl (C=O) groups is 1. The number of hydrogen-bond acceptors (Lipinski definition) is 3. The van der Waals surface area contributed by atoms with Crippen LogP contribution in [0.2, 0.25) is 0 Å². The third kappa shape index (κ3) is 2.66. The Balaban J connectivity index is 2.77. The lowest BCUT2D eigenvalue weighted by molar-refractivity contribution is -0.133. The number of rotatable bonds is 3. The van der Waals surface area contributed by atoms with E-state index in [0.717, 1.165) is 10.5 Å². The van der Waals surface area contributed by atoms with Gasteiger partial charge in [-0.2, -0.15) is 0 Å². The van der Waals surface area contributed by atoms with E-state index in [4.69, 9.17) is 10.8 Å². The smallest absolute Gasteiger partial charge is 0.313 e. The van der Waals surface area contributed by atoms with Gasteiger partial charge in [0.15, 0.2) is 0 Å². The molecule has 3 nitrogen and oxygen atoms in total. The largest absolute Gasteiger partial charge is 0.481 e. The van der Waals surface area contributed by atoms with E-state index in [1.165, 1.54) is 11.8 Å². The first-order chi connectivity index (χ1) is 6.11. The van der Waals surface area contributed by atoms with Gasteiger partial charge in [-0.25, -0.2) is 0 Å². The minimum atomic E-state index is -0.828. The maximum absolute atomic E-state index is 10.3. The van der Waals surface area contributed by atoms with Crippen LogP contribution in [0, 0.1) is 6.92 Å². The molecule has 13 heavy (non-hydrogen) atoms. The molecule has 1 aromatic rings. The van der Waals surface area contributed by atoms with Crippen LogP contribution in [0.3, 0.4) is 0 Å². The Morgan fingerprint density at radius 1 is 1.62 bits per heavy atom. The van der Waals surface area contributed by atoms with Crippen LogP contribution in [0.4, 0.5) is 5.69 Å². The zero-order valence-electron chi connectivity index (χ0n) is 7.28. The maximum atomic E-state index is 10.3. The minimum Gasteiger partial charge on any atom is -0.481 e. The number of aryl methyl sites for hydroxylation is 1. The molecule has 70 valence electrons. The Bertz CT molecular complexity index is 325. The maximum Gasteiger partial charge on any atom is 0.313 e. The van der Waals surface area contributed by atoms with Gasteiger partial charge in [0.05, 0.1) is 5.75 Å². The van der Waals surface area contributed by atoms with Crippen molar-refractivity contribution in [3.05, 3.63) is 23.8 Å². The lowest BCUT2D eigenvalue weighted by atomic mass is 10.2. The SMILES string of the molecule is Cc1cccc(SCC(=O)O)c1N. The average Bonchev–Trinajstić information content (AvgIpc) is 2.07. The Labute approximate surface area is 80.9 Å². The number of nitrogens with two attached hydrogens (primary N) is 1. The molecule has 0 aromatic heterocycles. The van der Waals surface area contributed by atoms with Crippen LogP contribution in [-0.4, -0.2) is 16.8 Å². The summed E-state index contributed by atoms with van der Waals surface area (Å²) in [5, 5.41) is 8.47. The predicted molar refractivity (Wildman–Crippen MR) is 54.0 cm³/mol. The van der Waals surface area contributed by atoms with Crippen molar-refractivity contribution in [1.29, 1.82) is 0 Å². The summed E-state index contributed by atoms with van der Waals surface area (Å²) in [5.41, 5.74) is 7.41. The molecule has 0 atom stereocenters. The third-order valence-electron chi connectivity index (χ3n) is 1.64. The average molecular weight is 197 g/mol. The molecule has 0 heterocycles. The highest BCUT2D eigenvalue weighted by atomic mass is 32.2. The number of nitrogen functional groups attached to an aromatic ring is 1. The molecule has 0 amide bonds. The van der Waals surface area contributed by atoms with Gasteiger partial charge in [0, 0.05) is 10.6 Å². The van der Waals surface area contributed by atoms with Crippen LogP contribution < -0.4 is 5.73 Å². The quantitative estimate of drug-likeness (QED) is 0.572. The number of carboxylic acid groups (broad SMARTS) is 1. The molecule has 3 N–H and O–H groups in total. The van der Waals surface area contributed by atoms with Gasteiger partial charge in [0.25, 0.3) is 0 Å². The number of para-hydroxylation sites is 1. The van der Waals surface area contributed by atoms with Crippen molar-refractivity contribution < 1.29 is 9.90 Å². The fourth-order valence-electron chi connectivity index (χ4n) is 0.919. The van der Waals surface area contributed by atoms with Gasteiger partial charge in [-0.1, -0.05) is 12.1 Å². The number of hydrogen-bond donors (Lipinski definition) is 2. The van der Waals surface area contributed by atoms with Crippen LogP contribution in [-0.2, 0) is 4.79 Å². The molecule has 0 aliphatic carbocycles. The molecule has 0 radical (unpaired) electrons. The standard InChI is InChI=1S/C9H11NO2S/c1-6-3-2-4-7(9(6)10)13-5-8(11)12/h2-4H,5,10H2,1H3,(H,11,12). The highest BCUT2D eigenvalue weighted by Gasteiger charge is 2.04. The van der Waals surface area contributed by atoms with Crippen molar-refractivity contribution in [1.82, 2.24) is 0 Å². The molecule has 0 fully saturated rings. The fourth-order valence-corrected chi connectivity index (χ4v) is 1.69. The van der Waals surface area contributed by atoms with Gasteiger partial charge < -0.3 is 10.8 Å². The Morgan fingerprint density at radius 2 is 2.31 bits per heavy atom. The van der Waals surface area contributed by atoms with Gasteiger partial charge in [0.1, 0.15) is 0 Å². The number of carboxylic acids is 1. The second kappa shape index (κ2) is 4.18. The highest BCUT2D eigenvalue weighted by molar-refractivity contribution is 8.00. The minimum absolute atomic E-state index is 0.0493. The monoisotopic (exact) mass is 197 g/mol. The fraction of sp³-hybridized carbons (Fsp3) is 0.222. The van der Waals surface area contributed by atoms with Crippen molar-refractivity contribution in [2.45, 2.75) is 11.8 Å². The van der Waals surface area contributed by atoms with Gasteiger partial charge in [0.2, 0.25) is 0 Å². The molecule has 0 saturated heterocycles. The van der Waals surface area contributed by atoms with E-state index in [2.05, 4.69) is 0 Å². The number of anilines is 1. The summed E-state index contributed by atoms with van der Waals surface area (Å²) in [5.74, 6) is -0.779. The summed E-state index contributed by atoms with van der Waals surface area (Å²) >= 11 is 1.24. The van der Waals surface area contributed by atoms with Crippen LogP contribution in [0.25, 0.3) is 0 Å². The van der Waals surface area contributed by atoms with Crippen molar-refractivity contribution in [2.75, 3.05) is 11.5 Å². The summed E-state index contributed by atoms with van der Waals surface area (Å²) in [4.78, 5) is 11.1. The second-order valence-corrected chi connectivity index (χ2v) is 3.69. The molecule has 0 aliphatic rings. The van der Waals surface area contributed by atoms with Crippen molar-refractivity contribution in [3.8, 4) is 0 Å². The van der Waals surface area contributed by atoms with E-state index in [1.54, 1.807) is 0 Å². The van der Waals surface area contributed by atoms with Gasteiger partial charge in [-0.05, 0) is 18.6 Å². The van der Waals surface area contributed by atoms with E-state index in [1.807, 2.05) is 25.1 Å². The number of thioether (sulfide) groups is 1. The lowest BCUT2D eigenvalue weighted by Gasteiger charge is -2.05. The highest BCUT2D eigenvalue weighted by Crippen LogP contribution is 2.26.